The Morgan fingerprint density at radius 2 is 2.17 bits per heavy atom. The van der Waals surface area contributed by atoms with Crippen molar-refractivity contribution >= 4 is 17.2 Å². The topological polar surface area (TPSA) is 65.2 Å². The maximum Gasteiger partial charge on any atom is 0.261 e. The first kappa shape index (κ1) is 17.4. The first-order chi connectivity index (χ1) is 11.1. The Kier molecular flexibility index (Phi) is 6.55. The molecule has 0 saturated carbocycles. The lowest BCUT2D eigenvalue weighted by molar-refractivity contribution is 0.0949. The van der Waals surface area contributed by atoms with E-state index in [-0.39, 0.29) is 17.0 Å². The average Bonchev–Trinajstić information content (AvgIpc) is 3.04. The van der Waals surface area contributed by atoms with Crippen molar-refractivity contribution in [2.75, 3.05) is 13.6 Å². The summed E-state index contributed by atoms with van der Waals surface area (Å²) in [6.45, 7) is 4.25. The van der Waals surface area contributed by atoms with Gasteiger partial charge in [0.05, 0.1) is 6.54 Å². The Morgan fingerprint density at radius 1 is 1.35 bits per heavy atom. The smallest absolute Gasteiger partial charge is 0.261 e. The van der Waals surface area contributed by atoms with Crippen LogP contribution in [0.1, 0.15) is 40.7 Å². The third-order valence-corrected chi connectivity index (χ3v) is 4.43. The van der Waals surface area contributed by atoms with Gasteiger partial charge in [-0.1, -0.05) is 19.4 Å². The lowest BCUT2D eigenvalue weighted by Crippen LogP contribution is -2.30. The summed E-state index contributed by atoms with van der Waals surface area (Å²) in [5.74, 6) is -0.342. The molecule has 6 heteroatoms. The number of amides is 1. The molecule has 2 aromatic rings. The number of carbonyl (C=O) groups excluding carboxylic acids is 1. The van der Waals surface area contributed by atoms with E-state index in [2.05, 4.69) is 22.1 Å². The summed E-state index contributed by atoms with van der Waals surface area (Å²) in [5, 5.41) is 4.73. The predicted molar refractivity (Wildman–Crippen MR) is 93.8 cm³/mol. The van der Waals surface area contributed by atoms with Gasteiger partial charge in [0.2, 0.25) is 0 Å². The Balaban J connectivity index is 1.95. The second-order valence-electron chi connectivity index (χ2n) is 5.58. The molecule has 0 aliphatic rings. The van der Waals surface area contributed by atoms with Gasteiger partial charge in [0, 0.05) is 17.1 Å². The van der Waals surface area contributed by atoms with E-state index >= 15 is 0 Å². The molecule has 0 saturated heterocycles. The van der Waals surface area contributed by atoms with E-state index in [0.717, 1.165) is 30.0 Å². The summed E-state index contributed by atoms with van der Waals surface area (Å²) in [5.41, 5.74) is 0.639. The lowest BCUT2D eigenvalue weighted by atomic mass is 10.2. The fourth-order valence-corrected chi connectivity index (χ4v) is 2.90. The summed E-state index contributed by atoms with van der Waals surface area (Å²) >= 11 is 1.57. The van der Waals surface area contributed by atoms with E-state index in [1.807, 2.05) is 30.6 Å². The van der Waals surface area contributed by atoms with Crippen molar-refractivity contribution in [3.63, 3.8) is 0 Å². The highest BCUT2D eigenvalue weighted by Crippen LogP contribution is 2.08. The zero-order chi connectivity index (χ0) is 16.7. The lowest BCUT2D eigenvalue weighted by Gasteiger charge is -2.16. The van der Waals surface area contributed by atoms with Crippen LogP contribution in [0.3, 0.4) is 0 Å². The van der Waals surface area contributed by atoms with Crippen molar-refractivity contribution in [2.24, 2.45) is 0 Å². The van der Waals surface area contributed by atoms with Gasteiger partial charge >= 0.3 is 0 Å². The average molecular weight is 333 g/mol. The van der Waals surface area contributed by atoms with E-state index in [4.69, 9.17) is 0 Å². The largest absolute Gasteiger partial charge is 0.347 e. The van der Waals surface area contributed by atoms with Crippen LogP contribution in [-0.4, -0.2) is 29.4 Å². The van der Waals surface area contributed by atoms with E-state index < -0.39 is 0 Å². The molecule has 0 aliphatic carbocycles. The van der Waals surface area contributed by atoms with E-state index in [1.165, 1.54) is 0 Å². The molecule has 0 atom stereocenters. The summed E-state index contributed by atoms with van der Waals surface area (Å²) in [6, 6.07) is 7.29. The molecule has 2 N–H and O–H groups in total. The zero-order valence-corrected chi connectivity index (χ0v) is 14.4. The summed E-state index contributed by atoms with van der Waals surface area (Å²) in [4.78, 5) is 30.2. The van der Waals surface area contributed by atoms with Gasteiger partial charge < -0.3 is 15.2 Å². The number of H-pyrrole nitrogens is 1. The number of aromatic nitrogens is 1. The minimum Gasteiger partial charge on any atom is -0.347 e. The third-order valence-electron chi connectivity index (χ3n) is 3.55. The monoisotopic (exact) mass is 333 g/mol. The molecule has 2 rings (SSSR count). The van der Waals surface area contributed by atoms with Crippen molar-refractivity contribution in [2.45, 2.75) is 32.9 Å². The van der Waals surface area contributed by atoms with Gasteiger partial charge in [0.25, 0.3) is 11.5 Å². The molecule has 0 radical (unpaired) electrons. The number of rotatable bonds is 8. The van der Waals surface area contributed by atoms with Gasteiger partial charge in [-0.25, -0.2) is 0 Å². The number of hydrogen-bond acceptors (Lipinski definition) is 4. The molecule has 0 aromatic carbocycles. The minimum absolute atomic E-state index is 0.154. The second-order valence-corrected chi connectivity index (χ2v) is 6.61. The molecule has 0 unspecified atom stereocenters. The van der Waals surface area contributed by atoms with Crippen molar-refractivity contribution < 1.29 is 4.79 Å². The first-order valence-corrected chi connectivity index (χ1v) is 8.69. The van der Waals surface area contributed by atoms with E-state index in [9.17, 15) is 9.59 Å². The molecule has 0 aliphatic heterocycles. The van der Waals surface area contributed by atoms with Gasteiger partial charge in [-0.15, -0.1) is 11.3 Å². The Morgan fingerprint density at radius 3 is 2.83 bits per heavy atom. The van der Waals surface area contributed by atoms with E-state index in [0.29, 0.717) is 13.1 Å². The fourth-order valence-electron chi connectivity index (χ4n) is 2.26. The van der Waals surface area contributed by atoms with Gasteiger partial charge in [0.1, 0.15) is 5.56 Å². The van der Waals surface area contributed by atoms with Crippen LogP contribution in [0.25, 0.3) is 0 Å². The molecule has 0 fully saturated rings. The zero-order valence-electron chi connectivity index (χ0n) is 13.6. The normalized spacial score (nSPS) is 10.9. The predicted octanol–water partition coefficient (Wildman–Crippen LogP) is 2.60. The standard InChI is InChI=1S/C17H23N3O2S/c1-3-4-9-20(2)12-13-7-8-15(17(22)19-13)16(21)18-11-14-6-5-10-23-14/h5-8,10H,3-4,9,11-12H2,1-2H3,(H,18,21)(H,19,22). The van der Waals surface area contributed by atoms with Gasteiger partial charge in [-0.2, -0.15) is 0 Å². The van der Waals surface area contributed by atoms with Gasteiger partial charge in [-0.3, -0.25) is 9.59 Å². The van der Waals surface area contributed by atoms with Crippen LogP contribution in [0, 0.1) is 0 Å². The van der Waals surface area contributed by atoms with Crippen LogP contribution < -0.4 is 10.9 Å². The van der Waals surface area contributed by atoms with Crippen LogP contribution in [-0.2, 0) is 13.1 Å². The van der Waals surface area contributed by atoms with Crippen LogP contribution in [0.2, 0.25) is 0 Å². The maximum absolute atomic E-state index is 12.1. The number of unbranched alkanes of at least 4 members (excludes halogenated alkanes) is 1. The molecule has 0 spiro atoms. The van der Waals surface area contributed by atoms with Gasteiger partial charge in [0.15, 0.2) is 0 Å². The highest BCUT2D eigenvalue weighted by Gasteiger charge is 2.11. The fraction of sp³-hybridized carbons (Fsp3) is 0.412. The Labute approximate surface area is 140 Å². The minimum atomic E-state index is -0.342. The number of thiophene rings is 1. The van der Waals surface area contributed by atoms with E-state index in [1.54, 1.807) is 17.4 Å². The molecular weight excluding hydrogens is 310 g/mol. The highest BCUT2D eigenvalue weighted by atomic mass is 32.1. The molecule has 2 aromatic heterocycles. The van der Waals surface area contributed by atoms with Crippen molar-refractivity contribution in [3.05, 3.63) is 56.1 Å². The number of hydrogen-bond donors (Lipinski definition) is 2. The molecule has 23 heavy (non-hydrogen) atoms. The second kappa shape index (κ2) is 8.64. The third kappa shape index (κ3) is 5.33. The highest BCUT2D eigenvalue weighted by molar-refractivity contribution is 7.09. The van der Waals surface area contributed by atoms with Crippen molar-refractivity contribution in [3.8, 4) is 0 Å². The molecule has 2 heterocycles. The number of carbonyl (C=O) groups is 1. The summed E-state index contributed by atoms with van der Waals surface area (Å²) in [6.07, 6.45) is 2.27. The van der Waals surface area contributed by atoms with Crippen LogP contribution in [0.5, 0.6) is 0 Å². The molecule has 5 nitrogen and oxygen atoms in total. The van der Waals surface area contributed by atoms with Crippen LogP contribution >= 0.6 is 11.3 Å². The van der Waals surface area contributed by atoms with Gasteiger partial charge in [-0.05, 0) is 43.6 Å². The Bertz CT molecular complexity index is 679. The maximum atomic E-state index is 12.1. The van der Waals surface area contributed by atoms with Crippen LogP contribution in [0.15, 0.2) is 34.4 Å². The SMILES string of the molecule is CCCCN(C)Cc1ccc(C(=O)NCc2cccs2)c(=O)[nH]1. The first-order valence-electron chi connectivity index (χ1n) is 7.81. The number of pyridine rings is 1. The van der Waals surface area contributed by atoms with Crippen molar-refractivity contribution in [1.29, 1.82) is 0 Å². The van der Waals surface area contributed by atoms with Crippen LogP contribution in [0.4, 0.5) is 0 Å². The van der Waals surface area contributed by atoms with Crippen molar-refractivity contribution in [1.82, 2.24) is 15.2 Å². The number of nitrogens with zero attached hydrogens (tertiary/aromatic N) is 1. The quantitative estimate of drug-likeness (QED) is 0.780. The number of aromatic amines is 1. The summed E-state index contributed by atoms with van der Waals surface area (Å²) in [7, 11) is 2.02. The number of nitrogens with one attached hydrogen (secondary N) is 2. The molecule has 1 amide bonds. The molecular formula is C17H23N3O2S. The molecule has 0 bridgehead atoms. The molecule has 124 valence electrons. The summed E-state index contributed by atoms with van der Waals surface area (Å²) < 4.78 is 0. The Hall–Kier alpha value is -1.92.